The van der Waals surface area contributed by atoms with Crippen LogP contribution in [0.5, 0.6) is 0 Å². The second kappa shape index (κ2) is 12.8. The lowest BCUT2D eigenvalue weighted by atomic mass is 9.97. The van der Waals surface area contributed by atoms with Crippen LogP contribution in [-0.2, 0) is 9.53 Å². The summed E-state index contributed by atoms with van der Waals surface area (Å²) in [6, 6.07) is 0.574. The molecule has 7 heteroatoms. The second-order valence-electron chi connectivity index (χ2n) is 6.99. The first-order valence-corrected chi connectivity index (χ1v) is 10.1. The molecule has 0 saturated carbocycles. The standard InChI is InChI=1S/C19H36N4O2.HI/c1-4-20-19(21-15-17-9-7-8-12-22(17)5-2)23-13-10-16(11-14-23)18(24)25-6-3;/h16-17H,4-15H2,1-3H3,(H,20,21);1H. The number of rotatable bonds is 6. The van der Waals surface area contributed by atoms with E-state index in [1.54, 1.807) is 0 Å². The third kappa shape index (κ3) is 6.87. The molecule has 0 radical (unpaired) electrons. The van der Waals surface area contributed by atoms with Crippen molar-refractivity contribution in [3.05, 3.63) is 0 Å². The summed E-state index contributed by atoms with van der Waals surface area (Å²) in [6.07, 6.45) is 5.59. The maximum Gasteiger partial charge on any atom is 0.309 e. The summed E-state index contributed by atoms with van der Waals surface area (Å²) < 4.78 is 5.17. The molecule has 0 aromatic rings. The van der Waals surface area contributed by atoms with Crippen molar-refractivity contribution < 1.29 is 9.53 Å². The van der Waals surface area contributed by atoms with E-state index in [0.717, 1.165) is 51.5 Å². The Morgan fingerprint density at radius 2 is 1.85 bits per heavy atom. The van der Waals surface area contributed by atoms with Crippen molar-refractivity contribution in [3.63, 3.8) is 0 Å². The molecule has 0 spiro atoms. The number of hydrogen-bond donors (Lipinski definition) is 1. The number of guanidine groups is 1. The van der Waals surface area contributed by atoms with Crippen molar-refractivity contribution in [2.24, 2.45) is 10.9 Å². The van der Waals surface area contributed by atoms with Gasteiger partial charge in [-0.15, -0.1) is 24.0 Å². The van der Waals surface area contributed by atoms with Gasteiger partial charge in [0.1, 0.15) is 0 Å². The van der Waals surface area contributed by atoms with Crippen LogP contribution < -0.4 is 5.32 Å². The molecule has 2 heterocycles. The molecule has 2 fully saturated rings. The molecule has 152 valence electrons. The van der Waals surface area contributed by atoms with Gasteiger partial charge in [-0.25, -0.2) is 0 Å². The van der Waals surface area contributed by atoms with E-state index in [0.29, 0.717) is 12.6 Å². The molecule has 2 aliphatic rings. The lowest BCUT2D eigenvalue weighted by Gasteiger charge is -2.36. The zero-order valence-electron chi connectivity index (χ0n) is 16.7. The molecule has 1 unspecified atom stereocenters. The number of likely N-dealkylation sites (tertiary alicyclic amines) is 2. The third-order valence-corrected chi connectivity index (χ3v) is 5.36. The number of halogens is 1. The molecule has 0 aliphatic carbocycles. The molecular weight excluding hydrogens is 443 g/mol. The molecule has 2 aliphatic heterocycles. The van der Waals surface area contributed by atoms with Crippen LogP contribution in [0.2, 0.25) is 0 Å². The highest BCUT2D eigenvalue weighted by molar-refractivity contribution is 14.0. The highest BCUT2D eigenvalue weighted by Gasteiger charge is 2.28. The van der Waals surface area contributed by atoms with Gasteiger partial charge in [-0.2, -0.15) is 0 Å². The second-order valence-corrected chi connectivity index (χ2v) is 6.99. The smallest absolute Gasteiger partial charge is 0.309 e. The van der Waals surface area contributed by atoms with E-state index in [4.69, 9.17) is 9.73 Å². The number of esters is 1. The maximum atomic E-state index is 11.9. The van der Waals surface area contributed by atoms with Gasteiger partial charge in [0.25, 0.3) is 0 Å². The van der Waals surface area contributed by atoms with Crippen LogP contribution >= 0.6 is 24.0 Å². The maximum absolute atomic E-state index is 11.9. The van der Waals surface area contributed by atoms with Crippen LogP contribution in [0.15, 0.2) is 4.99 Å². The normalized spacial score (nSPS) is 22.7. The predicted octanol–water partition coefficient (Wildman–Crippen LogP) is 2.72. The molecule has 0 aromatic carbocycles. The number of carbonyl (C=O) groups excluding carboxylic acids is 1. The molecule has 0 aromatic heterocycles. The van der Waals surface area contributed by atoms with Gasteiger partial charge >= 0.3 is 5.97 Å². The summed E-state index contributed by atoms with van der Waals surface area (Å²) in [4.78, 5) is 21.7. The van der Waals surface area contributed by atoms with Gasteiger partial charge in [-0.1, -0.05) is 13.3 Å². The minimum atomic E-state index is -0.0371. The number of aliphatic imine (C=N–C) groups is 1. The number of nitrogens with one attached hydrogen (secondary N) is 1. The summed E-state index contributed by atoms with van der Waals surface area (Å²) in [5, 5.41) is 3.44. The van der Waals surface area contributed by atoms with Crippen molar-refractivity contribution in [1.29, 1.82) is 0 Å². The fourth-order valence-electron chi connectivity index (χ4n) is 3.89. The van der Waals surface area contributed by atoms with Gasteiger partial charge in [-0.3, -0.25) is 14.7 Å². The van der Waals surface area contributed by atoms with Crippen molar-refractivity contribution in [3.8, 4) is 0 Å². The Morgan fingerprint density at radius 3 is 2.46 bits per heavy atom. The topological polar surface area (TPSA) is 57.2 Å². The summed E-state index contributed by atoms with van der Waals surface area (Å²) in [5.41, 5.74) is 0. The lowest BCUT2D eigenvalue weighted by molar-refractivity contribution is -0.149. The Bertz CT molecular complexity index is 439. The van der Waals surface area contributed by atoms with Gasteiger partial charge in [0.05, 0.1) is 19.1 Å². The first-order chi connectivity index (χ1) is 12.2. The molecule has 26 heavy (non-hydrogen) atoms. The average molecular weight is 480 g/mol. The highest BCUT2D eigenvalue weighted by Crippen LogP contribution is 2.20. The minimum absolute atomic E-state index is 0. The Morgan fingerprint density at radius 1 is 1.12 bits per heavy atom. The van der Waals surface area contributed by atoms with E-state index < -0.39 is 0 Å². The quantitative estimate of drug-likeness (QED) is 0.274. The Kier molecular flexibility index (Phi) is 11.5. The predicted molar refractivity (Wildman–Crippen MR) is 117 cm³/mol. The molecule has 1 atom stereocenters. The zero-order valence-corrected chi connectivity index (χ0v) is 19.0. The van der Waals surface area contributed by atoms with Crippen LogP contribution in [0.3, 0.4) is 0 Å². The molecule has 2 saturated heterocycles. The van der Waals surface area contributed by atoms with Crippen molar-refractivity contribution >= 4 is 35.9 Å². The van der Waals surface area contributed by atoms with Gasteiger partial charge in [0.2, 0.25) is 0 Å². The van der Waals surface area contributed by atoms with Gasteiger partial charge < -0.3 is 15.0 Å². The monoisotopic (exact) mass is 480 g/mol. The zero-order chi connectivity index (χ0) is 18.1. The summed E-state index contributed by atoms with van der Waals surface area (Å²) in [6.45, 7) is 12.5. The third-order valence-electron chi connectivity index (χ3n) is 5.36. The van der Waals surface area contributed by atoms with Crippen molar-refractivity contribution in [2.45, 2.75) is 58.9 Å². The molecule has 2 rings (SSSR count). The van der Waals surface area contributed by atoms with E-state index in [-0.39, 0.29) is 35.9 Å². The van der Waals surface area contributed by atoms with Crippen LogP contribution in [0.1, 0.15) is 52.9 Å². The minimum Gasteiger partial charge on any atom is -0.466 e. The summed E-state index contributed by atoms with van der Waals surface area (Å²) >= 11 is 0. The Hall–Kier alpha value is -0.570. The van der Waals surface area contributed by atoms with Gasteiger partial charge in [0.15, 0.2) is 5.96 Å². The van der Waals surface area contributed by atoms with Crippen LogP contribution in [-0.4, -0.2) is 73.6 Å². The van der Waals surface area contributed by atoms with Crippen molar-refractivity contribution in [1.82, 2.24) is 15.1 Å². The number of nitrogens with zero attached hydrogens (tertiary/aromatic N) is 3. The molecule has 0 bridgehead atoms. The summed E-state index contributed by atoms with van der Waals surface area (Å²) in [7, 11) is 0. The van der Waals surface area contributed by atoms with Gasteiger partial charge in [-0.05, 0) is 52.6 Å². The number of likely N-dealkylation sites (N-methyl/N-ethyl adjacent to an activating group) is 1. The Balaban J connectivity index is 0.00000338. The molecular formula is C19H37IN4O2. The summed E-state index contributed by atoms with van der Waals surface area (Å²) in [5.74, 6) is 1.02. The average Bonchev–Trinajstić information content (AvgIpc) is 2.65. The van der Waals surface area contributed by atoms with Crippen LogP contribution in [0, 0.1) is 5.92 Å². The molecule has 6 nitrogen and oxygen atoms in total. The van der Waals surface area contributed by atoms with Crippen LogP contribution in [0.25, 0.3) is 0 Å². The fraction of sp³-hybridized carbons (Fsp3) is 0.895. The Labute approximate surface area is 176 Å². The van der Waals surface area contributed by atoms with E-state index in [2.05, 4.69) is 29.0 Å². The number of ether oxygens (including phenoxy) is 1. The highest BCUT2D eigenvalue weighted by atomic mass is 127. The number of piperidine rings is 2. The molecule has 0 amide bonds. The SMILES string of the molecule is CCNC(=NCC1CCCCN1CC)N1CCC(C(=O)OCC)CC1.I. The van der Waals surface area contributed by atoms with Crippen molar-refractivity contribution in [2.75, 3.05) is 45.9 Å². The molecule has 1 N–H and O–H groups in total. The first-order valence-electron chi connectivity index (χ1n) is 10.1. The first kappa shape index (κ1) is 23.5. The van der Waals surface area contributed by atoms with E-state index in [9.17, 15) is 4.79 Å². The van der Waals surface area contributed by atoms with E-state index in [1.165, 1.54) is 25.8 Å². The van der Waals surface area contributed by atoms with E-state index in [1.807, 2.05) is 6.92 Å². The fourth-order valence-corrected chi connectivity index (χ4v) is 3.89. The largest absolute Gasteiger partial charge is 0.466 e. The number of carbonyl (C=O) groups is 1. The number of hydrogen-bond acceptors (Lipinski definition) is 4. The lowest BCUT2D eigenvalue weighted by Crippen LogP contribution is -2.48. The van der Waals surface area contributed by atoms with Crippen LogP contribution in [0.4, 0.5) is 0 Å². The van der Waals surface area contributed by atoms with Gasteiger partial charge in [0, 0.05) is 25.7 Å². The van der Waals surface area contributed by atoms with E-state index >= 15 is 0 Å².